The van der Waals surface area contributed by atoms with Crippen LogP contribution in [0.3, 0.4) is 0 Å². The van der Waals surface area contributed by atoms with Gasteiger partial charge in [-0.2, -0.15) is 0 Å². The van der Waals surface area contributed by atoms with Crippen LogP contribution in [-0.4, -0.2) is 54.6 Å². The lowest BCUT2D eigenvalue weighted by Gasteiger charge is -2.35. The zero-order chi connectivity index (χ0) is 18.7. The summed E-state index contributed by atoms with van der Waals surface area (Å²) < 4.78 is 5.71. The van der Waals surface area contributed by atoms with Crippen LogP contribution in [0.2, 0.25) is 0 Å². The van der Waals surface area contributed by atoms with Crippen LogP contribution >= 0.6 is 0 Å². The lowest BCUT2D eigenvalue weighted by molar-refractivity contribution is 0.139. The summed E-state index contributed by atoms with van der Waals surface area (Å²) in [5.41, 5.74) is 2.83. The van der Waals surface area contributed by atoms with E-state index in [1.807, 2.05) is 25.1 Å². The van der Waals surface area contributed by atoms with E-state index in [2.05, 4.69) is 35.8 Å². The van der Waals surface area contributed by atoms with E-state index in [-0.39, 0.29) is 5.43 Å². The maximum Gasteiger partial charge on any atom is 0.194 e. The summed E-state index contributed by atoms with van der Waals surface area (Å²) in [6, 6.07) is 6.29. The molecule has 3 rings (SSSR count). The quantitative estimate of drug-likeness (QED) is 0.863. The number of aromatic amines is 1. The number of fused-ring (bicyclic) bond motifs is 1. The normalized spacial score (nSPS) is 16.5. The molecule has 0 bridgehead atoms. The lowest BCUT2D eigenvalue weighted by Crippen LogP contribution is -2.42. The first kappa shape index (κ1) is 18.9. The second-order valence-corrected chi connectivity index (χ2v) is 7.56. The standard InChI is InChI=1S/C21H31N3O2/c1-5-12-26-17-6-7-20-18(13-17)21(25)19(15(2)22-20)14-24(4)16-8-10-23(3)11-9-16/h6-7,13,16H,5,8-12,14H2,1-4H3,(H,22,25). The van der Waals surface area contributed by atoms with Gasteiger partial charge in [0.15, 0.2) is 5.43 Å². The zero-order valence-corrected chi connectivity index (χ0v) is 16.5. The Morgan fingerprint density at radius 1 is 1.31 bits per heavy atom. The molecule has 5 nitrogen and oxygen atoms in total. The first-order chi connectivity index (χ1) is 12.5. The molecule has 5 heteroatoms. The lowest BCUT2D eigenvalue weighted by atomic mass is 10.0. The van der Waals surface area contributed by atoms with Gasteiger partial charge in [0.1, 0.15) is 5.75 Å². The minimum absolute atomic E-state index is 0.123. The van der Waals surface area contributed by atoms with E-state index in [9.17, 15) is 4.79 Å². The second-order valence-electron chi connectivity index (χ2n) is 7.56. The number of ether oxygens (including phenoxy) is 1. The van der Waals surface area contributed by atoms with Crippen molar-refractivity contribution in [2.24, 2.45) is 0 Å². The monoisotopic (exact) mass is 357 g/mol. The van der Waals surface area contributed by atoms with E-state index in [1.54, 1.807) is 0 Å². The highest BCUT2D eigenvalue weighted by atomic mass is 16.5. The molecule has 0 radical (unpaired) electrons. The molecule has 2 heterocycles. The van der Waals surface area contributed by atoms with Gasteiger partial charge in [-0.05, 0) is 71.6 Å². The number of likely N-dealkylation sites (tertiary alicyclic amines) is 1. The zero-order valence-electron chi connectivity index (χ0n) is 16.5. The Bertz CT molecular complexity index is 807. The number of pyridine rings is 1. The van der Waals surface area contributed by atoms with Crippen molar-refractivity contribution in [3.63, 3.8) is 0 Å². The summed E-state index contributed by atoms with van der Waals surface area (Å²) in [6.45, 7) is 7.68. The van der Waals surface area contributed by atoms with Gasteiger partial charge in [-0.25, -0.2) is 0 Å². The molecule has 0 saturated carbocycles. The minimum atomic E-state index is 0.123. The maximum absolute atomic E-state index is 13.1. The maximum atomic E-state index is 13.1. The summed E-state index contributed by atoms with van der Waals surface area (Å²) in [4.78, 5) is 21.3. The number of nitrogens with zero attached hydrogens (tertiary/aromatic N) is 2. The Morgan fingerprint density at radius 2 is 2.04 bits per heavy atom. The Morgan fingerprint density at radius 3 is 2.73 bits per heavy atom. The molecule has 26 heavy (non-hydrogen) atoms. The van der Waals surface area contributed by atoms with Crippen molar-refractivity contribution < 1.29 is 4.74 Å². The molecule has 0 unspecified atom stereocenters. The number of aryl methyl sites for hydroxylation is 1. The van der Waals surface area contributed by atoms with Gasteiger partial charge in [0.25, 0.3) is 0 Å². The van der Waals surface area contributed by atoms with Crippen LogP contribution in [0.5, 0.6) is 5.75 Å². The smallest absolute Gasteiger partial charge is 0.194 e. The number of H-pyrrole nitrogens is 1. The van der Waals surface area contributed by atoms with Gasteiger partial charge in [-0.1, -0.05) is 6.92 Å². The SMILES string of the molecule is CCCOc1ccc2[nH]c(C)c(CN(C)C3CCN(C)CC3)c(=O)c2c1. The minimum Gasteiger partial charge on any atom is -0.494 e. The van der Waals surface area contributed by atoms with Gasteiger partial charge < -0.3 is 14.6 Å². The van der Waals surface area contributed by atoms with E-state index in [0.717, 1.165) is 60.3 Å². The largest absolute Gasteiger partial charge is 0.494 e. The van der Waals surface area contributed by atoms with Crippen molar-refractivity contribution in [1.29, 1.82) is 0 Å². The number of rotatable bonds is 6. The number of nitrogens with one attached hydrogen (secondary N) is 1. The molecule has 0 aliphatic carbocycles. The predicted molar refractivity (Wildman–Crippen MR) is 107 cm³/mol. The highest BCUT2D eigenvalue weighted by molar-refractivity contribution is 5.81. The highest BCUT2D eigenvalue weighted by Crippen LogP contribution is 2.21. The fraction of sp³-hybridized carbons (Fsp3) is 0.571. The molecule has 1 saturated heterocycles. The van der Waals surface area contributed by atoms with Gasteiger partial charge in [-0.3, -0.25) is 9.69 Å². The van der Waals surface area contributed by atoms with Crippen LogP contribution in [0.1, 0.15) is 37.4 Å². The predicted octanol–water partition coefficient (Wildman–Crippen LogP) is 3.15. The summed E-state index contributed by atoms with van der Waals surface area (Å²) >= 11 is 0. The van der Waals surface area contributed by atoms with Gasteiger partial charge in [0, 0.05) is 34.7 Å². The molecule has 0 spiro atoms. The second kappa shape index (κ2) is 8.23. The van der Waals surface area contributed by atoms with Crippen molar-refractivity contribution >= 4 is 10.9 Å². The van der Waals surface area contributed by atoms with E-state index in [1.165, 1.54) is 0 Å². The van der Waals surface area contributed by atoms with E-state index in [4.69, 9.17) is 4.74 Å². The van der Waals surface area contributed by atoms with Crippen molar-refractivity contribution in [3.8, 4) is 5.75 Å². The number of hydrogen-bond acceptors (Lipinski definition) is 4. The third-order valence-corrected chi connectivity index (χ3v) is 5.48. The average molecular weight is 357 g/mol. The Balaban J connectivity index is 1.86. The van der Waals surface area contributed by atoms with Gasteiger partial charge in [-0.15, -0.1) is 0 Å². The number of piperidine rings is 1. The topological polar surface area (TPSA) is 48.6 Å². The van der Waals surface area contributed by atoms with Crippen LogP contribution in [-0.2, 0) is 6.54 Å². The molecular weight excluding hydrogens is 326 g/mol. The summed E-state index contributed by atoms with van der Waals surface area (Å²) in [6.07, 6.45) is 3.27. The third-order valence-electron chi connectivity index (χ3n) is 5.48. The van der Waals surface area contributed by atoms with Crippen molar-refractivity contribution in [3.05, 3.63) is 39.7 Å². The molecule has 1 aromatic carbocycles. The summed E-state index contributed by atoms with van der Waals surface area (Å²) in [7, 11) is 4.31. The molecule has 1 fully saturated rings. The van der Waals surface area contributed by atoms with Crippen LogP contribution in [0.4, 0.5) is 0 Å². The highest BCUT2D eigenvalue weighted by Gasteiger charge is 2.22. The molecular formula is C21H31N3O2. The molecule has 1 aromatic heterocycles. The fourth-order valence-corrected chi connectivity index (χ4v) is 3.74. The van der Waals surface area contributed by atoms with E-state index >= 15 is 0 Å². The van der Waals surface area contributed by atoms with E-state index in [0.29, 0.717) is 19.2 Å². The van der Waals surface area contributed by atoms with Gasteiger partial charge in [0.2, 0.25) is 0 Å². The molecule has 0 amide bonds. The first-order valence-corrected chi connectivity index (χ1v) is 9.66. The van der Waals surface area contributed by atoms with Crippen LogP contribution in [0.15, 0.2) is 23.0 Å². The Labute approximate surface area is 156 Å². The Kier molecular flexibility index (Phi) is 5.99. The molecule has 1 aliphatic heterocycles. The molecule has 142 valence electrons. The van der Waals surface area contributed by atoms with Crippen LogP contribution in [0, 0.1) is 6.92 Å². The van der Waals surface area contributed by atoms with E-state index < -0.39 is 0 Å². The van der Waals surface area contributed by atoms with Crippen LogP contribution < -0.4 is 10.2 Å². The fourth-order valence-electron chi connectivity index (χ4n) is 3.74. The van der Waals surface area contributed by atoms with Crippen LogP contribution in [0.25, 0.3) is 10.9 Å². The van der Waals surface area contributed by atoms with Crippen molar-refractivity contribution in [1.82, 2.24) is 14.8 Å². The molecule has 1 aliphatic rings. The van der Waals surface area contributed by atoms with Crippen molar-refractivity contribution in [2.75, 3.05) is 33.8 Å². The van der Waals surface area contributed by atoms with Gasteiger partial charge in [0.05, 0.1) is 6.61 Å². The summed E-state index contributed by atoms with van der Waals surface area (Å²) in [5, 5.41) is 0.719. The number of aromatic nitrogens is 1. The molecule has 1 N–H and O–H groups in total. The average Bonchev–Trinajstić information content (AvgIpc) is 2.64. The first-order valence-electron chi connectivity index (χ1n) is 9.66. The number of hydrogen-bond donors (Lipinski definition) is 1. The summed E-state index contributed by atoms with van der Waals surface area (Å²) in [5.74, 6) is 0.767. The van der Waals surface area contributed by atoms with Gasteiger partial charge >= 0.3 is 0 Å². The third kappa shape index (κ3) is 4.10. The number of benzene rings is 1. The Hall–Kier alpha value is -1.85. The molecule has 2 aromatic rings. The molecule has 0 atom stereocenters. The van der Waals surface area contributed by atoms with Crippen molar-refractivity contribution in [2.45, 2.75) is 45.7 Å².